The molecule has 7 nitrogen and oxygen atoms in total. The van der Waals surface area contributed by atoms with Gasteiger partial charge >= 0.3 is 0 Å². The van der Waals surface area contributed by atoms with Crippen LogP contribution < -0.4 is 11.1 Å². The van der Waals surface area contributed by atoms with Crippen molar-refractivity contribution in [2.45, 2.75) is 6.54 Å². The van der Waals surface area contributed by atoms with E-state index in [1.165, 1.54) is 18.3 Å². The van der Waals surface area contributed by atoms with E-state index in [1.54, 1.807) is 0 Å². The summed E-state index contributed by atoms with van der Waals surface area (Å²) in [6.45, 7) is 0.173. The van der Waals surface area contributed by atoms with E-state index in [0.717, 1.165) is 18.2 Å². The first-order valence-electron chi connectivity index (χ1n) is 5.91. The molecule has 1 aromatic heterocycles. The van der Waals surface area contributed by atoms with Crippen molar-refractivity contribution >= 4 is 17.3 Å². The quantitative estimate of drug-likeness (QED) is 0.659. The molecule has 0 unspecified atom stereocenters. The summed E-state index contributed by atoms with van der Waals surface area (Å²) in [4.78, 5) is 25.9. The molecule has 0 aliphatic carbocycles. The number of anilines is 1. The zero-order valence-electron chi connectivity index (χ0n) is 10.7. The van der Waals surface area contributed by atoms with Gasteiger partial charge < -0.3 is 11.1 Å². The maximum absolute atomic E-state index is 13.3. The van der Waals surface area contributed by atoms with Gasteiger partial charge in [-0.15, -0.1) is 0 Å². The van der Waals surface area contributed by atoms with Gasteiger partial charge in [-0.25, -0.2) is 4.39 Å². The summed E-state index contributed by atoms with van der Waals surface area (Å²) in [6, 6.07) is 5.79. The number of amides is 1. The molecule has 0 aliphatic rings. The molecule has 108 valence electrons. The van der Waals surface area contributed by atoms with Crippen LogP contribution in [0.4, 0.5) is 15.8 Å². The van der Waals surface area contributed by atoms with E-state index in [0.29, 0.717) is 5.69 Å². The molecule has 0 fully saturated rings. The lowest BCUT2D eigenvalue weighted by Crippen LogP contribution is -2.13. The zero-order valence-corrected chi connectivity index (χ0v) is 10.7. The summed E-state index contributed by atoms with van der Waals surface area (Å²) in [5.41, 5.74) is 5.78. The van der Waals surface area contributed by atoms with Crippen LogP contribution in [-0.4, -0.2) is 15.8 Å². The van der Waals surface area contributed by atoms with Crippen LogP contribution in [0.15, 0.2) is 36.5 Å². The second kappa shape index (κ2) is 6.06. The van der Waals surface area contributed by atoms with Crippen molar-refractivity contribution in [3.8, 4) is 0 Å². The second-order valence-electron chi connectivity index (χ2n) is 4.15. The SMILES string of the molecule is NCc1cc(C(=O)Nc2cc(F)cc([N+](=O)[O-])c2)ccn1. The molecule has 0 saturated heterocycles. The predicted octanol–water partition coefficient (Wildman–Crippen LogP) is 1.84. The van der Waals surface area contributed by atoms with Gasteiger partial charge in [0.05, 0.1) is 22.4 Å². The minimum Gasteiger partial charge on any atom is -0.325 e. The van der Waals surface area contributed by atoms with Crippen LogP contribution in [0, 0.1) is 15.9 Å². The Morgan fingerprint density at radius 1 is 1.38 bits per heavy atom. The number of pyridine rings is 1. The molecule has 8 heteroatoms. The largest absolute Gasteiger partial charge is 0.325 e. The monoisotopic (exact) mass is 290 g/mol. The zero-order chi connectivity index (χ0) is 15.4. The highest BCUT2D eigenvalue weighted by Crippen LogP contribution is 2.20. The molecule has 2 aromatic rings. The number of nitrogens with zero attached hydrogens (tertiary/aromatic N) is 2. The van der Waals surface area contributed by atoms with Crippen LogP contribution in [0.25, 0.3) is 0 Å². The summed E-state index contributed by atoms with van der Waals surface area (Å²) in [7, 11) is 0. The summed E-state index contributed by atoms with van der Waals surface area (Å²) in [5, 5.41) is 13.0. The molecule has 0 aliphatic heterocycles. The van der Waals surface area contributed by atoms with Crippen molar-refractivity contribution < 1.29 is 14.1 Å². The highest BCUT2D eigenvalue weighted by Gasteiger charge is 2.13. The third kappa shape index (κ3) is 3.57. The number of hydrogen-bond acceptors (Lipinski definition) is 5. The van der Waals surface area contributed by atoms with Crippen LogP contribution in [0.2, 0.25) is 0 Å². The molecule has 0 saturated carbocycles. The third-order valence-electron chi connectivity index (χ3n) is 2.64. The van der Waals surface area contributed by atoms with Crippen molar-refractivity contribution in [2.75, 3.05) is 5.32 Å². The maximum atomic E-state index is 13.3. The number of nitro benzene ring substituents is 1. The van der Waals surface area contributed by atoms with Gasteiger partial charge in [0, 0.05) is 24.4 Å². The first-order chi connectivity index (χ1) is 9.99. The molecule has 0 radical (unpaired) electrons. The summed E-state index contributed by atoms with van der Waals surface area (Å²) in [6.07, 6.45) is 1.42. The summed E-state index contributed by atoms with van der Waals surface area (Å²) in [5.74, 6) is -1.34. The minimum atomic E-state index is -0.808. The molecule has 3 N–H and O–H groups in total. The van der Waals surface area contributed by atoms with Gasteiger partial charge in [0.25, 0.3) is 11.6 Å². The fraction of sp³-hybridized carbons (Fsp3) is 0.0769. The normalized spacial score (nSPS) is 10.2. The van der Waals surface area contributed by atoms with Gasteiger partial charge in [-0.05, 0) is 18.2 Å². The standard InChI is InChI=1S/C13H11FN4O3/c14-9-4-10(6-12(5-9)18(20)21)17-13(19)8-1-2-16-11(3-8)7-15/h1-6H,7,15H2,(H,17,19). The highest BCUT2D eigenvalue weighted by atomic mass is 19.1. The number of carbonyl (C=O) groups excluding carboxylic acids is 1. The van der Waals surface area contributed by atoms with E-state index in [9.17, 15) is 19.3 Å². The molecular weight excluding hydrogens is 279 g/mol. The fourth-order valence-electron chi connectivity index (χ4n) is 1.69. The van der Waals surface area contributed by atoms with Gasteiger partial charge in [-0.2, -0.15) is 0 Å². The third-order valence-corrected chi connectivity index (χ3v) is 2.64. The molecule has 21 heavy (non-hydrogen) atoms. The summed E-state index contributed by atoms with van der Waals surface area (Å²) >= 11 is 0. The highest BCUT2D eigenvalue weighted by molar-refractivity contribution is 6.04. The molecule has 0 spiro atoms. The lowest BCUT2D eigenvalue weighted by molar-refractivity contribution is -0.385. The van der Waals surface area contributed by atoms with E-state index >= 15 is 0 Å². The Kier molecular flexibility index (Phi) is 4.19. The molecular formula is C13H11FN4O3. The van der Waals surface area contributed by atoms with Gasteiger partial charge in [0.2, 0.25) is 0 Å². The van der Waals surface area contributed by atoms with E-state index in [-0.39, 0.29) is 17.8 Å². The number of carbonyl (C=O) groups is 1. The molecule has 1 amide bonds. The minimum absolute atomic E-state index is 0.00203. The number of hydrogen-bond donors (Lipinski definition) is 2. The molecule has 0 atom stereocenters. The lowest BCUT2D eigenvalue weighted by atomic mass is 10.2. The van der Waals surface area contributed by atoms with Crippen molar-refractivity contribution in [1.82, 2.24) is 4.98 Å². The average Bonchev–Trinajstić information content (AvgIpc) is 2.46. The van der Waals surface area contributed by atoms with Crippen molar-refractivity contribution in [1.29, 1.82) is 0 Å². The van der Waals surface area contributed by atoms with Crippen LogP contribution in [0.1, 0.15) is 16.1 Å². The van der Waals surface area contributed by atoms with Crippen LogP contribution in [-0.2, 0) is 6.54 Å². The predicted molar refractivity (Wildman–Crippen MR) is 73.1 cm³/mol. The number of nitrogens with one attached hydrogen (secondary N) is 1. The Balaban J connectivity index is 2.24. The van der Waals surface area contributed by atoms with Gasteiger partial charge in [-0.1, -0.05) is 0 Å². The second-order valence-corrected chi connectivity index (χ2v) is 4.15. The number of rotatable bonds is 4. The first-order valence-corrected chi connectivity index (χ1v) is 5.91. The van der Waals surface area contributed by atoms with E-state index < -0.39 is 22.3 Å². The number of non-ortho nitro benzene ring substituents is 1. The number of nitrogens with two attached hydrogens (primary N) is 1. The topological polar surface area (TPSA) is 111 Å². The van der Waals surface area contributed by atoms with E-state index in [4.69, 9.17) is 5.73 Å². The maximum Gasteiger partial charge on any atom is 0.274 e. The Morgan fingerprint density at radius 2 is 2.14 bits per heavy atom. The first kappa shape index (κ1) is 14.5. The van der Waals surface area contributed by atoms with Crippen LogP contribution >= 0.6 is 0 Å². The smallest absolute Gasteiger partial charge is 0.274 e. The lowest BCUT2D eigenvalue weighted by Gasteiger charge is -2.06. The van der Waals surface area contributed by atoms with Gasteiger partial charge in [0.1, 0.15) is 5.82 Å². The van der Waals surface area contributed by atoms with Crippen LogP contribution in [0.5, 0.6) is 0 Å². The van der Waals surface area contributed by atoms with Crippen molar-refractivity contribution in [2.24, 2.45) is 5.73 Å². The Labute approximate surface area is 118 Å². The van der Waals surface area contributed by atoms with E-state index in [1.807, 2.05) is 0 Å². The number of nitro groups is 1. The van der Waals surface area contributed by atoms with Gasteiger partial charge in [-0.3, -0.25) is 19.9 Å². The fourth-order valence-corrected chi connectivity index (χ4v) is 1.69. The average molecular weight is 290 g/mol. The number of benzene rings is 1. The molecule has 0 bridgehead atoms. The van der Waals surface area contributed by atoms with Crippen molar-refractivity contribution in [3.63, 3.8) is 0 Å². The van der Waals surface area contributed by atoms with Crippen LogP contribution in [0.3, 0.4) is 0 Å². The number of aromatic nitrogens is 1. The summed E-state index contributed by atoms with van der Waals surface area (Å²) < 4.78 is 13.3. The molecule has 1 aromatic carbocycles. The van der Waals surface area contributed by atoms with Crippen molar-refractivity contribution in [3.05, 3.63) is 63.7 Å². The Morgan fingerprint density at radius 3 is 2.81 bits per heavy atom. The molecule has 2 rings (SSSR count). The Bertz CT molecular complexity index is 706. The molecule has 1 heterocycles. The van der Waals surface area contributed by atoms with Gasteiger partial charge in [0.15, 0.2) is 0 Å². The van der Waals surface area contributed by atoms with E-state index in [2.05, 4.69) is 10.3 Å². The Hall–Kier alpha value is -2.87. The number of halogens is 1.